The maximum absolute atomic E-state index is 12.2. The highest BCUT2D eigenvalue weighted by Gasteiger charge is 2.38. The second-order valence-corrected chi connectivity index (χ2v) is 10.8. The number of benzene rings is 1. The number of aromatic nitrogens is 3. The Bertz CT molecular complexity index is 1670. The summed E-state index contributed by atoms with van der Waals surface area (Å²) < 4.78 is 23.2. The summed E-state index contributed by atoms with van der Waals surface area (Å²) >= 11 is 0. The van der Waals surface area contributed by atoms with Gasteiger partial charge >= 0.3 is 0 Å². The number of pyridine rings is 3. The molecule has 0 saturated carbocycles. The van der Waals surface area contributed by atoms with E-state index in [1.807, 2.05) is 44.2 Å². The van der Waals surface area contributed by atoms with Crippen molar-refractivity contribution in [3.05, 3.63) is 77.9 Å². The van der Waals surface area contributed by atoms with Gasteiger partial charge in [0.1, 0.15) is 11.5 Å². The zero-order valence-electron chi connectivity index (χ0n) is 19.2. The standard InChI is InChI=1S/C26H21N5O3S/c1-26(2)20-7-4-16(12-22(20)31-25(26)32)5-8-21-19-13-23(28-14-17(19)10-11-27-21)30-18-6-9-24(29-15-18)35(3,33)34/h4,6-7,9-15H,1-3H3,(H,28,30)(H,31,32). The van der Waals surface area contributed by atoms with E-state index in [1.165, 1.54) is 12.3 Å². The molecule has 0 radical (unpaired) electrons. The third-order valence-corrected chi connectivity index (χ3v) is 6.87. The van der Waals surface area contributed by atoms with E-state index in [9.17, 15) is 13.2 Å². The number of hydrogen-bond donors (Lipinski definition) is 2. The fourth-order valence-corrected chi connectivity index (χ4v) is 4.42. The molecule has 0 saturated heterocycles. The molecule has 9 heteroatoms. The van der Waals surface area contributed by atoms with Crippen LogP contribution < -0.4 is 10.6 Å². The van der Waals surface area contributed by atoms with Gasteiger partial charge in [0.15, 0.2) is 14.9 Å². The predicted molar refractivity (Wildman–Crippen MR) is 134 cm³/mol. The molecule has 2 N–H and O–H groups in total. The van der Waals surface area contributed by atoms with E-state index < -0.39 is 15.3 Å². The normalized spacial score (nSPS) is 14.1. The first-order chi connectivity index (χ1) is 16.6. The molecule has 1 aliphatic heterocycles. The van der Waals surface area contributed by atoms with Gasteiger partial charge in [-0.15, -0.1) is 0 Å². The molecule has 0 aliphatic carbocycles. The van der Waals surface area contributed by atoms with E-state index in [-0.39, 0.29) is 10.9 Å². The number of carbonyl (C=O) groups is 1. The minimum absolute atomic E-state index is 0.00552. The Morgan fingerprint density at radius 1 is 0.971 bits per heavy atom. The Hall–Kier alpha value is -4.29. The van der Waals surface area contributed by atoms with Crippen molar-refractivity contribution in [3.8, 4) is 11.8 Å². The van der Waals surface area contributed by atoms with Gasteiger partial charge in [-0.3, -0.25) is 4.79 Å². The third kappa shape index (κ3) is 4.32. The fourth-order valence-electron chi connectivity index (χ4n) is 3.86. The van der Waals surface area contributed by atoms with Crippen LogP contribution in [0.15, 0.2) is 66.1 Å². The Labute approximate surface area is 202 Å². The summed E-state index contributed by atoms with van der Waals surface area (Å²) in [5, 5.41) is 7.75. The maximum atomic E-state index is 12.2. The molecule has 1 amide bonds. The van der Waals surface area contributed by atoms with Gasteiger partial charge in [0.25, 0.3) is 0 Å². The molecule has 4 aromatic rings. The number of carbonyl (C=O) groups excluding carboxylic acids is 1. The molecule has 5 rings (SSSR count). The van der Waals surface area contributed by atoms with E-state index in [2.05, 4.69) is 37.4 Å². The monoisotopic (exact) mass is 483 g/mol. The predicted octanol–water partition coefficient (Wildman–Crippen LogP) is 3.80. The van der Waals surface area contributed by atoms with Crippen molar-refractivity contribution in [2.75, 3.05) is 16.9 Å². The first-order valence-electron chi connectivity index (χ1n) is 10.8. The lowest BCUT2D eigenvalue weighted by Crippen LogP contribution is -2.26. The van der Waals surface area contributed by atoms with Crippen molar-refractivity contribution in [2.45, 2.75) is 24.3 Å². The SMILES string of the molecule is CC1(C)C(=O)Nc2cc(C#Cc3nccc4cnc(Nc5ccc(S(C)(=O)=O)nc5)cc34)ccc21. The van der Waals surface area contributed by atoms with Gasteiger partial charge in [0.05, 0.1) is 17.3 Å². The average Bonchev–Trinajstić information content (AvgIpc) is 3.05. The van der Waals surface area contributed by atoms with Crippen LogP contribution in [0.3, 0.4) is 0 Å². The lowest BCUT2D eigenvalue weighted by molar-refractivity contribution is -0.119. The van der Waals surface area contributed by atoms with Crippen LogP contribution in [0.25, 0.3) is 10.8 Å². The maximum Gasteiger partial charge on any atom is 0.234 e. The molecule has 0 bridgehead atoms. The Balaban J connectivity index is 1.45. The molecule has 174 valence electrons. The van der Waals surface area contributed by atoms with Crippen LogP contribution in [-0.2, 0) is 20.0 Å². The number of amides is 1. The van der Waals surface area contributed by atoms with E-state index in [0.717, 1.165) is 33.8 Å². The van der Waals surface area contributed by atoms with Crippen molar-refractivity contribution in [2.24, 2.45) is 0 Å². The summed E-state index contributed by atoms with van der Waals surface area (Å²) in [6.07, 6.45) is 5.96. The lowest BCUT2D eigenvalue weighted by atomic mass is 9.86. The van der Waals surface area contributed by atoms with Crippen molar-refractivity contribution < 1.29 is 13.2 Å². The third-order valence-electron chi connectivity index (χ3n) is 5.87. The number of hydrogen-bond acceptors (Lipinski definition) is 7. The Morgan fingerprint density at radius 3 is 2.54 bits per heavy atom. The van der Waals surface area contributed by atoms with Crippen molar-refractivity contribution in [1.82, 2.24) is 15.0 Å². The fraction of sp³-hybridized carbons (Fsp3) is 0.154. The summed E-state index contributed by atoms with van der Waals surface area (Å²) in [5.74, 6) is 6.80. The number of nitrogens with one attached hydrogen (secondary N) is 2. The van der Waals surface area contributed by atoms with E-state index in [1.54, 1.807) is 18.5 Å². The lowest BCUT2D eigenvalue weighted by Gasteiger charge is -2.14. The molecule has 4 heterocycles. The highest BCUT2D eigenvalue weighted by molar-refractivity contribution is 7.90. The van der Waals surface area contributed by atoms with E-state index in [4.69, 9.17) is 0 Å². The van der Waals surface area contributed by atoms with Gasteiger partial charge in [0, 0.05) is 40.7 Å². The molecule has 8 nitrogen and oxygen atoms in total. The molecular formula is C26H21N5O3S. The molecule has 0 fully saturated rings. The number of fused-ring (bicyclic) bond motifs is 2. The van der Waals surface area contributed by atoms with Crippen LogP contribution in [0.1, 0.15) is 30.7 Å². The summed E-state index contributed by atoms with van der Waals surface area (Å²) in [7, 11) is -3.37. The second kappa shape index (κ2) is 8.18. The van der Waals surface area contributed by atoms with E-state index in [0.29, 0.717) is 17.2 Å². The highest BCUT2D eigenvalue weighted by Crippen LogP contribution is 2.37. The van der Waals surface area contributed by atoms with Crippen molar-refractivity contribution in [1.29, 1.82) is 0 Å². The van der Waals surface area contributed by atoms with Gasteiger partial charge in [-0.1, -0.05) is 12.0 Å². The quantitative estimate of drug-likeness (QED) is 0.426. The molecular weight excluding hydrogens is 462 g/mol. The molecule has 0 unspecified atom stereocenters. The summed E-state index contributed by atoms with van der Waals surface area (Å²) in [5.41, 5.74) is 3.13. The van der Waals surface area contributed by atoms with Crippen molar-refractivity contribution in [3.63, 3.8) is 0 Å². The van der Waals surface area contributed by atoms with Crippen LogP contribution in [0.4, 0.5) is 17.2 Å². The molecule has 0 spiro atoms. The summed E-state index contributed by atoms with van der Waals surface area (Å²) in [6, 6.07) is 12.5. The van der Waals surface area contributed by atoms with Crippen LogP contribution in [-0.4, -0.2) is 35.5 Å². The van der Waals surface area contributed by atoms with Crippen LogP contribution in [0.2, 0.25) is 0 Å². The van der Waals surface area contributed by atoms with Gasteiger partial charge in [-0.05, 0) is 61.7 Å². The molecule has 35 heavy (non-hydrogen) atoms. The molecule has 0 atom stereocenters. The highest BCUT2D eigenvalue weighted by atomic mass is 32.2. The van der Waals surface area contributed by atoms with Crippen LogP contribution in [0, 0.1) is 11.8 Å². The van der Waals surface area contributed by atoms with Gasteiger partial charge < -0.3 is 10.6 Å². The summed E-state index contributed by atoms with van der Waals surface area (Å²) in [4.78, 5) is 25.1. The van der Waals surface area contributed by atoms with Crippen LogP contribution >= 0.6 is 0 Å². The first-order valence-corrected chi connectivity index (χ1v) is 12.7. The number of rotatable bonds is 3. The van der Waals surface area contributed by atoms with Gasteiger partial charge in [0.2, 0.25) is 5.91 Å². The van der Waals surface area contributed by atoms with E-state index >= 15 is 0 Å². The first kappa shape index (κ1) is 22.5. The largest absolute Gasteiger partial charge is 0.339 e. The molecule has 1 aliphatic rings. The second-order valence-electron chi connectivity index (χ2n) is 8.82. The topological polar surface area (TPSA) is 114 Å². The Morgan fingerprint density at radius 2 is 1.80 bits per heavy atom. The van der Waals surface area contributed by atoms with Crippen LogP contribution in [0.5, 0.6) is 0 Å². The minimum atomic E-state index is -3.37. The van der Waals surface area contributed by atoms with Gasteiger partial charge in [-0.2, -0.15) is 0 Å². The average molecular weight is 484 g/mol. The minimum Gasteiger partial charge on any atom is -0.339 e. The van der Waals surface area contributed by atoms with Crippen molar-refractivity contribution >= 4 is 43.7 Å². The zero-order valence-corrected chi connectivity index (χ0v) is 20.1. The van der Waals surface area contributed by atoms with Gasteiger partial charge in [-0.25, -0.2) is 23.4 Å². The number of nitrogens with zero attached hydrogens (tertiary/aromatic N) is 3. The summed E-state index contributed by atoms with van der Waals surface area (Å²) in [6.45, 7) is 3.80. The number of sulfone groups is 1. The molecule has 1 aromatic carbocycles. The molecule has 3 aromatic heterocycles. The number of anilines is 3. The smallest absolute Gasteiger partial charge is 0.234 e. The zero-order chi connectivity index (χ0) is 24.8. The Kier molecular flexibility index (Phi) is 5.26.